The second kappa shape index (κ2) is 22.9. The molecule has 10 unspecified atom stereocenters. The molecule has 11 heteroatoms. The molecule has 1 saturated heterocycles. The van der Waals surface area contributed by atoms with Gasteiger partial charge in [0.15, 0.2) is 0 Å². The number of methoxy groups -OCH3 is 2. The van der Waals surface area contributed by atoms with Gasteiger partial charge in [0.05, 0.1) is 48.8 Å². The largest absolute Gasteiger partial charge is 0.386 e. The summed E-state index contributed by atoms with van der Waals surface area (Å²) in [5, 5.41) is 16.7. The Bertz CT molecular complexity index is 1230. The Kier molecular flexibility index (Phi) is 20.7. The first-order valence-electron chi connectivity index (χ1n) is 19.5. The number of nitrogens with zero attached hydrogens (tertiary/aromatic N) is 2. The van der Waals surface area contributed by atoms with Crippen molar-refractivity contribution in [1.29, 1.82) is 0 Å². The molecule has 1 aliphatic rings. The number of benzene rings is 1. The van der Waals surface area contributed by atoms with Gasteiger partial charge < -0.3 is 35.0 Å². The van der Waals surface area contributed by atoms with Crippen LogP contribution in [-0.4, -0.2) is 103 Å². The van der Waals surface area contributed by atoms with Crippen molar-refractivity contribution < 1.29 is 33.8 Å². The average Bonchev–Trinajstić information content (AvgIpc) is 3.63. The van der Waals surface area contributed by atoms with E-state index in [2.05, 4.69) is 10.6 Å². The average molecular weight is 733 g/mol. The molecule has 1 aromatic rings. The van der Waals surface area contributed by atoms with E-state index in [-0.39, 0.29) is 59.8 Å². The summed E-state index contributed by atoms with van der Waals surface area (Å²) in [4.78, 5) is 58.0. The Labute approximate surface area is 314 Å². The highest BCUT2D eigenvalue weighted by atomic mass is 16.5. The van der Waals surface area contributed by atoms with Gasteiger partial charge in [0.2, 0.25) is 23.6 Å². The van der Waals surface area contributed by atoms with Gasteiger partial charge in [-0.25, -0.2) is 0 Å². The predicted molar refractivity (Wildman–Crippen MR) is 207 cm³/mol. The molecule has 1 aromatic carbocycles. The number of likely N-dealkylation sites (N-methyl/N-ethyl adjacent to an activating group) is 1. The van der Waals surface area contributed by atoms with Crippen LogP contribution in [0.2, 0.25) is 0 Å². The molecule has 10 atom stereocenters. The van der Waals surface area contributed by atoms with Crippen molar-refractivity contribution in [3.8, 4) is 0 Å². The molecule has 0 bridgehead atoms. The van der Waals surface area contributed by atoms with Crippen molar-refractivity contribution in [1.82, 2.24) is 20.4 Å². The van der Waals surface area contributed by atoms with E-state index < -0.39 is 42.4 Å². The molecule has 1 heterocycles. The first-order chi connectivity index (χ1) is 24.5. The molecule has 11 nitrogen and oxygen atoms in total. The zero-order chi connectivity index (χ0) is 39.9. The lowest BCUT2D eigenvalue weighted by Gasteiger charge is -2.41. The smallest absolute Gasteiger partial charge is 0.245 e. The van der Waals surface area contributed by atoms with Gasteiger partial charge in [-0.3, -0.25) is 19.2 Å². The highest BCUT2D eigenvalue weighted by Gasteiger charge is 2.43. The zero-order valence-corrected chi connectivity index (χ0v) is 34.6. The minimum Gasteiger partial charge on any atom is -0.386 e. The second-order valence-corrected chi connectivity index (χ2v) is 15.0. The monoisotopic (exact) mass is 733 g/mol. The zero-order valence-electron chi connectivity index (χ0n) is 34.6. The van der Waals surface area contributed by atoms with Crippen LogP contribution in [0.15, 0.2) is 30.3 Å². The van der Waals surface area contributed by atoms with Crippen LogP contribution in [0.1, 0.15) is 114 Å². The van der Waals surface area contributed by atoms with Crippen molar-refractivity contribution in [3.05, 3.63) is 35.9 Å². The summed E-state index contributed by atoms with van der Waals surface area (Å²) in [5.74, 6) is -1.62. The number of nitrogens with one attached hydrogen (secondary N) is 2. The minimum absolute atomic E-state index is 0.00200. The fraction of sp³-hybridized carbons (Fsp3) is 0.756. The third-order valence-corrected chi connectivity index (χ3v) is 10.9. The summed E-state index contributed by atoms with van der Waals surface area (Å²) < 4.78 is 11.9. The molecule has 1 fully saturated rings. The van der Waals surface area contributed by atoms with E-state index in [0.717, 1.165) is 12.8 Å². The van der Waals surface area contributed by atoms with Crippen LogP contribution in [0.5, 0.6) is 0 Å². The summed E-state index contributed by atoms with van der Waals surface area (Å²) in [7, 11) is 4.86. The number of aliphatic hydroxyl groups excluding tert-OH is 1. The molecule has 0 radical (unpaired) electrons. The van der Waals surface area contributed by atoms with E-state index in [4.69, 9.17) is 9.47 Å². The molecular weight excluding hydrogens is 660 g/mol. The van der Waals surface area contributed by atoms with E-state index in [0.29, 0.717) is 18.5 Å². The number of ether oxygens (including phenoxy) is 2. The van der Waals surface area contributed by atoms with Crippen LogP contribution < -0.4 is 10.6 Å². The van der Waals surface area contributed by atoms with Gasteiger partial charge in [-0.15, -0.1) is 0 Å². The molecule has 0 saturated carbocycles. The summed E-state index contributed by atoms with van der Waals surface area (Å²) >= 11 is 0. The Morgan fingerprint density at radius 2 is 1.46 bits per heavy atom. The molecule has 298 valence electrons. The lowest BCUT2D eigenvalue weighted by Crippen LogP contribution is -2.58. The van der Waals surface area contributed by atoms with Crippen LogP contribution in [-0.2, 0) is 28.7 Å². The van der Waals surface area contributed by atoms with E-state index in [1.807, 2.05) is 92.6 Å². The van der Waals surface area contributed by atoms with Crippen LogP contribution >= 0.6 is 0 Å². The number of aliphatic hydroxyl groups is 1. The fourth-order valence-electron chi connectivity index (χ4n) is 7.00. The minimum atomic E-state index is -0.872. The van der Waals surface area contributed by atoms with Gasteiger partial charge in [-0.2, -0.15) is 0 Å². The van der Waals surface area contributed by atoms with Gasteiger partial charge in [-0.1, -0.05) is 106 Å². The second-order valence-electron chi connectivity index (χ2n) is 15.0. The van der Waals surface area contributed by atoms with Gasteiger partial charge >= 0.3 is 0 Å². The van der Waals surface area contributed by atoms with Crippen molar-refractivity contribution in [2.24, 2.45) is 29.6 Å². The normalized spacial score (nSPS) is 19.6. The summed E-state index contributed by atoms with van der Waals surface area (Å²) in [6.45, 7) is 21.8. The Morgan fingerprint density at radius 3 is 1.96 bits per heavy atom. The molecule has 1 aliphatic heterocycles. The Hall–Kier alpha value is -3.02. The number of carbonyl (C=O) groups excluding carboxylic acids is 4. The molecule has 4 amide bonds. The van der Waals surface area contributed by atoms with E-state index in [1.54, 1.807) is 44.9 Å². The Morgan fingerprint density at radius 1 is 0.885 bits per heavy atom. The van der Waals surface area contributed by atoms with Gasteiger partial charge in [0, 0.05) is 33.7 Å². The van der Waals surface area contributed by atoms with Gasteiger partial charge in [-0.05, 0) is 43.1 Å². The molecule has 2 rings (SSSR count). The standard InChI is InChI=1S/C39H66N4O7.C2H6/c1-13-25(6)34(42(10)39(48)33(24(4)5)41-37(46)26(7)23(2)3)31(49-11)22-32(44)43-21-17-20-30(43)36(50-12)27(8)38(47)40-28(9)35(45)29-18-15-14-16-19-29;1-2/h14-16,18-19,23-28,30-31,33-36,45H,13,17,20-22H2,1-12H3,(H,40,47)(H,41,46);1-2H3. The number of amides is 4. The van der Waals surface area contributed by atoms with Crippen LogP contribution in [0.3, 0.4) is 0 Å². The van der Waals surface area contributed by atoms with Crippen LogP contribution in [0.25, 0.3) is 0 Å². The maximum absolute atomic E-state index is 14.1. The maximum Gasteiger partial charge on any atom is 0.245 e. The third kappa shape index (κ3) is 12.5. The van der Waals surface area contributed by atoms with E-state index >= 15 is 0 Å². The van der Waals surface area contributed by atoms with Crippen LogP contribution in [0, 0.1) is 29.6 Å². The highest BCUT2D eigenvalue weighted by Crippen LogP contribution is 2.30. The SMILES string of the molecule is CC.CCC(C)C(C(CC(=O)N1CCCC1C(OC)C(C)C(=O)NC(C)C(O)c1ccccc1)OC)N(C)C(=O)C(NC(=O)C(C)C(C)C)C(C)C. The molecule has 0 spiro atoms. The van der Waals surface area contributed by atoms with Crippen LogP contribution in [0.4, 0.5) is 0 Å². The van der Waals surface area contributed by atoms with Crippen molar-refractivity contribution in [2.45, 2.75) is 144 Å². The summed E-state index contributed by atoms with van der Waals surface area (Å²) in [6, 6.07) is 7.18. The summed E-state index contributed by atoms with van der Waals surface area (Å²) in [6.07, 6.45) is 0.196. The van der Waals surface area contributed by atoms with Crippen molar-refractivity contribution >= 4 is 23.6 Å². The quantitative estimate of drug-likeness (QED) is 0.168. The van der Waals surface area contributed by atoms with Gasteiger partial charge in [0.1, 0.15) is 6.04 Å². The molecule has 0 aliphatic carbocycles. The highest BCUT2D eigenvalue weighted by molar-refractivity contribution is 5.89. The lowest BCUT2D eigenvalue weighted by atomic mass is 9.89. The lowest BCUT2D eigenvalue weighted by molar-refractivity contribution is -0.148. The molecular formula is C41H72N4O7. The number of likely N-dealkylation sites (tertiary alicyclic amines) is 1. The first kappa shape index (κ1) is 47.0. The number of hydrogen-bond donors (Lipinski definition) is 3. The third-order valence-electron chi connectivity index (χ3n) is 10.9. The van der Waals surface area contributed by atoms with Crippen molar-refractivity contribution in [3.63, 3.8) is 0 Å². The number of carbonyl (C=O) groups is 4. The molecule has 3 N–H and O–H groups in total. The number of hydrogen-bond acceptors (Lipinski definition) is 7. The molecule has 0 aromatic heterocycles. The number of rotatable bonds is 19. The first-order valence-corrected chi connectivity index (χ1v) is 19.5. The molecule has 52 heavy (non-hydrogen) atoms. The van der Waals surface area contributed by atoms with E-state index in [1.165, 1.54) is 0 Å². The maximum atomic E-state index is 14.1. The topological polar surface area (TPSA) is 138 Å². The predicted octanol–water partition coefficient (Wildman–Crippen LogP) is 5.60. The van der Waals surface area contributed by atoms with Crippen molar-refractivity contribution in [2.75, 3.05) is 27.8 Å². The van der Waals surface area contributed by atoms with E-state index in [9.17, 15) is 24.3 Å². The van der Waals surface area contributed by atoms with Gasteiger partial charge in [0.25, 0.3) is 0 Å². The Balaban J connectivity index is 0.00000664. The summed E-state index contributed by atoms with van der Waals surface area (Å²) in [5.41, 5.74) is 0.713. The fourth-order valence-corrected chi connectivity index (χ4v) is 7.00.